The fraction of sp³-hybridized carbons (Fsp3) is 0.300. The summed E-state index contributed by atoms with van der Waals surface area (Å²) >= 11 is 0. The van der Waals surface area contributed by atoms with Gasteiger partial charge in [-0.25, -0.2) is 4.98 Å². The Bertz CT molecular complexity index is 988. The number of H-pyrrole nitrogens is 1. The molecule has 2 heterocycles. The van der Waals surface area contributed by atoms with Crippen LogP contribution in [0.5, 0.6) is 5.75 Å². The van der Waals surface area contributed by atoms with Gasteiger partial charge in [0.2, 0.25) is 5.91 Å². The first kappa shape index (κ1) is 15.7. The fourth-order valence-corrected chi connectivity index (χ4v) is 3.60. The molecule has 1 aromatic heterocycles. The van der Waals surface area contributed by atoms with Crippen molar-refractivity contribution in [3.63, 3.8) is 0 Å². The van der Waals surface area contributed by atoms with Crippen LogP contribution >= 0.6 is 0 Å². The summed E-state index contributed by atoms with van der Waals surface area (Å²) in [5.74, 6) is 1.66. The largest absolute Gasteiger partial charge is 0.497 e. The van der Waals surface area contributed by atoms with Crippen LogP contribution in [0.2, 0.25) is 0 Å². The summed E-state index contributed by atoms with van der Waals surface area (Å²) in [6.45, 7) is 4.23. The summed E-state index contributed by atoms with van der Waals surface area (Å²) in [5.41, 5.74) is 4.65. The van der Waals surface area contributed by atoms with Gasteiger partial charge < -0.3 is 14.6 Å². The Morgan fingerprint density at radius 3 is 2.80 bits per heavy atom. The molecule has 0 atom stereocenters. The van der Waals surface area contributed by atoms with E-state index >= 15 is 0 Å². The molecule has 0 fully saturated rings. The number of anilines is 1. The zero-order valence-electron chi connectivity index (χ0n) is 14.9. The van der Waals surface area contributed by atoms with E-state index in [-0.39, 0.29) is 11.3 Å². The number of rotatable bonds is 2. The number of ether oxygens (including phenoxy) is 1. The lowest BCUT2D eigenvalue weighted by atomic mass is 9.76. The number of hydrogen-bond donors (Lipinski definition) is 1. The van der Waals surface area contributed by atoms with Crippen LogP contribution in [0.25, 0.3) is 22.4 Å². The summed E-state index contributed by atoms with van der Waals surface area (Å²) in [6, 6.07) is 11.9. The molecule has 0 saturated carbocycles. The van der Waals surface area contributed by atoms with Gasteiger partial charge in [-0.05, 0) is 23.8 Å². The highest BCUT2D eigenvalue weighted by Crippen LogP contribution is 2.44. The third-order valence-electron chi connectivity index (χ3n) is 5.01. The standard InChI is InChI=1S/C20H21N3O2/c1-20(2)11-17(24)23(3)18-13(6-5-7-14(18)20)19-21-15-9-8-12(25-4)10-16(15)22-19/h5-10H,11H2,1-4H3,(H,21,22). The lowest BCUT2D eigenvalue weighted by molar-refractivity contribution is -0.119. The first-order valence-electron chi connectivity index (χ1n) is 8.35. The summed E-state index contributed by atoms with van der Waals surface area (Å²) in [7, 11) is 3.48. The molecule has 128 valence electrons. The number of para-hydroxylation sites is 1. The van der Waals surface area contributed by atoms with Gasteiger partial charge in [-0.3, -0.25) is 4.79 Å². The minimum atomic E-state index is -0.190. The van der Waals surface area contributed by atoms with Gasteiger partial charge in [0.1, 0.15) is 11.6 Å². The van der Waals surface area contributed by atoms with Crippen molar-refractivity contribution in [3.8, 4) is 17.1 Å². The number of methoxy groups -OCH3 is 1. The molecule has 0 aliphatic carbocycles. The Morgan fingerprint density at radius 1 is 1.24 bits per heavy atom. The molecule has 2 aromatic carbocycles. The van der Waals surface area contributed by atoms with Crippen molar-refractivity contribution in [2.75, 3.05) is 19.1 Å². The monoisotopic (exact) mass is 335 g/mol. The van der Waals surface area contributed by atoms with Crippen molar-refractivity contribution in [2.24, 2.45) is 0 Å². The first-order chi connectivity index (χ1) is 11.9. The van der Waals surface area contributed by atoms with E-state index in [1.807, 2.05) is 37.4 Å². The van der Waals surface area contributed by atoms with Crippen LogP contribution in [0.4, 0.5) is 5.69 Å². The van der Waals surface area contributed by atoms with Gasteiger partial charge >= 0.3 is 0 Å². The molecule has 0 saturated heterocycles. The van der Waals surface area contributed by atoms with Crippen molar-refractivity contribution in [2.45, 2.75) is 25.7 Å². The Balaban J connectivity index is 1.94. The van der Waals surface area contributed by atoms with Crippen molar-refractivity contribution in [1.29, 1.82) is 0 Å². The molecule has 1 amide bonds. The quantitative estimate of drug-likeness (QED) is 0.773. The highest BCUT2D eigenvalue weighted by atomic mass is 16.5. The molecule has 5 nitrogen and oxygen atoms in total. The molecular formula is C20H21N3O2. The molecule has 1 aliphatic heterocycles. The third-order valence-corrected chi connectivity index (χ3v) is 5.01. The van der Waals surface area contributed by atoms with Crippen LogP contribution < -0.4 is 9.64 Å². The molecule has 0 spiro atoms. The zero-order valence-corrected chi connectivity index (χ0v) is 14.9. The average Bonchev–Trinajstić information content (AvgIpc) is 3.01. The predicted octanol–water partition coefficient (Wildman–Crippen LogP) is 3.88. The van der Waals surface area contributed by atoms with E-state index in [2.05, 4.69) is 24.9 Å². The molecule has 0 radical (unpaired) electrons. The zero-order chi connectivity index (χ0) is 17.8. The second-order valence-corrected chi connectivity index (χ2v) is 7.18. The van der Waals surface area contributed by atoms with Gasteiger partial charge in [-0.2, -0.15) is 0 Å². The van der Waals surface area contributed by atoms with Gasteiger partial charge in [0.05, 0.1) is 23.8 Å². The third kappa shape index (κ3) is 2.38. The molecule has 0 unspecified atom stereocenters. The minimum Gasteiger partial charge on any atom is -0.497 e. The lowest BCUT2D eigenvalue weighted by Gasteiger charge is -2.37. The summed E-state index contributed by atoms with van der Waals surface area (Å²) in [5, 5.41) is 0. The van der Waals surface area contributed by atoms with E-state index in [4.69, 9.17) is 9.72 Å². The Labute approximate surface area is 146 Å². The Morgan fingerprint density at radius 2 is 2.04 bits per heavy atom. The second-order valence-electron chi connectivity index (χ2n) is 7.18. The van der Waals surface area contributed by atoms with E-state index in [1.54, 1.807) is 12.0 Å². The fourth-order valence-electron chi connectivity index (χ4n) is 3.60. The van der Waals surface area contributed by atoms with Crippen LogP contribution in [-0.2, 0) is 10.2 Å². The number of carbonyl (C=O) groups excluding carboxylic acids is 1. The highest BCUT2D eigenvalue weighted by molar-refractivity contribution is 6.01. The van der Waals surface area contributed by atoms with E-state index in [0.29, 0.717) is 6.42 Å². The number of amides is 1. The topological polar surface area (TPSA) is 58.2 Å². The number of aromatic amines is 1. The maximum Gasteiger partial charge on any atom is 0.227 e. The van der Waals surface area contributed by atoms with Crippen molar-refractivity contribution in [3.05, 3.63) is 42.0 Å². The van der Waals surface area contributed by atoms with Crippen LogP contribution in [0, 0.1) is 0 Å². The summed E-state index contributed by atoms with van der Waals surface area (Å²) in [4.78, 5) is 22.3. The number of benzene rings is 2. The summed E-state index contributed by atoms with van der Waals surface area (Å²) < 4.78 is 5.28. The Hall–Kier alpha value is -2.82. The number of hydrogen-bond acceptors (Lipinski definition) is 3. The van der Waals surface area contributed by atoms with Crippen LogP contribution in [0.1, 0.15) is 25.8 Å². The first-order valence-corrected chi connectivity index (χ1v) is 8.35. The smallest absolute Gasteiger partial charge is 0.227 e. The highest BCUT2D eigenvalue weighted by Gasteiger charge is 2.36. The molecular weight excluding hydrogens is 314 g/mol. The van der Waals surface area contributed by atoms with E-state index in [1.165, 1.54) is 5.56 Å². The molecule has 4 rings (SSSR count). The normalized spacial score (nSPS) is 16.2. The predicted molar refractivity (Wildman–Crippen MR) is 99.1 cm³/mol. The summed E-state index contributed by atoms with van der Waals surface area (Å²) in [6.07, 6.45) is 0.511. The van der Waals surface area contributed by atoms with Crippen molar-refractivity contribution >= 4 is 22.6 Å². The van der Waals surface area contributed by atoms with Crippen LogP contribution in [0.3, 0.4) is 0 Å². The van der Waals surface area contributed by atoms with Crippen LogP contribution in [0.15, 0.2) is 36.4 Å². The molecule has 1 N–H and O–H groups in total. The second kappa shape index (κ2) is 5.34. The van der Waals surface area contributed by atoms with Gasteiger partial charge in [0.25, 0.3) is 0 Å². The molecule has 0 bridgehead atoms. The lowest BCUT2D eigenvalue weighted by Crippen LogP contribution is -2.39. The van der Waals surface area contributed by atoms with Crippen LogP contribution in [-0.4, -0.2) is 30.0 Å². The van der Waals surface area contributed by atoms with Crippen molar-refractivity contribution in [1.82, 2.24) is 9.97 Å². The molecule has 25 heavy (non-hydrogen) atoms. The van der Waals surface area contributed by atoms with E-state index < -0.39 is 0 Å². The van der Waals surface area contributed by atoms with Crippen molar-refractivity contribution < 1.29 is 9.53 Å². The maximum absolute atomic E-state index is 12.5. The Kier molecular flexibility index (Phi) is 3.35. The van der Waals surface area contributed by atoms with Gasteiger partial charge in [-0.1, -0.05) is 26.0 Å². The van der Waals surface area contributed by atoms with Gasteiger partial charge in [0.15, 0.2) is 0 Å². The number of imidazole rings is 1. The van der Waals surface area contributed by atoms with E-state index in [0.717, 1.165) is 33.9 Å². The van der Waals surface area contributed by atoms with Gasteiger partial charge in [0, 0.05) is 30.5 Å². The average molecular weight is 335 g/mol. The SMILES string of the molecule is COc1ccc2[nH]c(-c3cccc4c3N(C)C(=O)CC4(C)C)nc2c1. The molecule has 1 aliphatic rings. The van der Waals surface area contributed by atoms with E-state index in [9.17, 15) is 4.79 Å². The maximum atomic E-state index is 12.5. The number of nitrogens with one attached hydrogen (secondary N) is 1. The molecule has 5 heteroatoms. The molecule has 3 aromatic rings. The number of carbonyl (C=O) groups is 1. The van der Waals surface area contributed by atoms with Gasteiger partial charge in [-0.15, -0.1) is 0 Å². The minimum absolute atomic E-state index is 0.128. The number of fused-ring (bicyclic) bond motifs is 2. The number of nitrogens with zero attached hydrogens (tertiary/aromatic N) is 2. The number of aromatic nitrogens is 2.